The molecular weight excluding hydrogens is 416 g/mol. The van der Waals surface area contributed by atoms with Gasteiger partial charge in [0.05, 0.1) is 12.7 Å². The van der Waals surface area contributed by atoms with E-state index in [9.17, 15) is 9.90 Å². The minimum atomic E-state index is -0.313. The summed E-state index contributed by atoms with van der Waals surface area (Å²) in [5.41, 5.74) is 1.88. The van der Waals surface area contributed by atoms with Crippen LogP contribution in [0.4, 0.5) is 5.82 Å². The predicted molar refractivity (Wildman–Crippen MR) is 130 cm³/mol. The average Bonchev–Trinajstić information content (AvgIpc) is 3.30. The number of nitrogens with zero attached hydrogens (tertiary/aromatic N) is 3. The van der Waals surface area contributed by atoms with Gasteiger partial charge in [-0.2, -0.15) is 0 Å². The number of carbonyl (C=O) groups excluding carboxylic acids is 1. The van der Waals surface area contributed by atoms with Crippen molar-refractivity contribution in [3.8, 4) is 5.75 Å². The zero-order chi connectivity index (χ0) is 23.0. The van der Waals surface area contributed by atoms with E-state index in [1.54, 1.807) is 12.3 Å². The highest BCUT2D eigenvalue weighted by Crippen LogP contribution is 2.23. The van der Waals surface area contributed by atoms with E-state index in [1.165, 1.54) is 5.56 Å². The van der Waals surface area contributed by atoms with Crippen LogP contribution in [0, 0.1) is 5.92 Å². The minimum Gasteiger partial charge on any atom is -0.493 e. The monoisotopic (exact) mass is 452 g/mol. The normalized spacial score (nSPS) is 19.6. The van der Waals surface area contributed by atoms with E-state index >= 15 is 0 Å². The Morgan fingerprint density at radius 3 is 2.76 bits per heavy atom. The molecule has 0 spiro atoms. The lowest BCUT2D eigenvalue weighted by atomic mass is 9.98. The molecule has 2 saturated heterocycles. The number of aliphatic hydroxyl groups excluding tert-OH is 1. The molecule has 0 bridgehead atoms. The van der Waals surface area contributed by atoms with Crippen molar-refractivity contribution in [3.63, 3.8) is 0 Å². The second-order valence-electron chi connectivity index (χ2n) is 9.10. The maximum atomic E-state index is 12.6. The summed E-state index contributed by atoms with van der Waals surface area (Å²) in [6.45, 7) is 7.84. The van der Waals surface area contributed by atoms with Crippen LogP contribution in [0.2, 0.25) is 0 Å². The summed E-state index contributed by atoms with van der Waals surface area (Å²) < 4.78 is 6.12. The summed E-state index contributed by atoms with van der Waals surface area (Å²) in [5, 5.41) is 12.8. The fraction of sp³-hybridized carbons (Fsp3) is 0.538. The van der Waals surface area contributed by atoms with Crippen LogP contribution in [0.1, 0.15) is 42.1 Å². The molecule has 2 N–H and O–H groups in total. The number of para-hydroxylation sites is 1. The summed E-state index contributed by atoms with van der Waals surface area (Å²) >= 11 is 0. The molecule has 4 rings (SSSR count). The zero-order valence-electron chi connectivity index (χ0n) is 19.6. The number of benzene rings is 1. The SMILES string of the molecule is CCc1ccccc1OCC1CCN(CCNC(=O)c2ccnc(N3CCC(O)C3)c2)CC1. The van der Waals surface area contributed by atoms with E-state index in [0.29, 0.717) is 24.6 Å². The molecular formula is C26H36N4O3. The molecule has 1 atom stereocenters. The number of hydrogen-bond acceptors (Lipinski definition) is 6. The topological polar surface area (TPSA) is 77.9 Å². The van der Waals surface area contributed by atoms with E-state index in [1.807, 2.05) is 17.0 Å². The number of rotatable bonds is 9. The number of anilines is 1. The zero-order valence-corrected chi connectivity index (χ0v) is 19.6. The lowest BCUT2D eigenvalue weighted by Gasteiger charge is -2.32. The van der Waals surface area contributed by atoms with Crippen molar-refractivity contribution in [3.05, 3.63) is 53.7 Å². The van der Waals surface area contributed by atoms with Gasteiger partial charge in [0.2, 0.25) is 0 Å². The molecule has 33 heavy (non-hydrogen) atoms. The average molecular weight is 453 g/mol. The first-order valence-electron chi connectivity index (χ1n) is 12.2. The van der Waals surface area contributed by atoms with E-state index < -0.39 is 0 Å². The van der Waals surface area contributed by atoms with Crippen molar-refractivity contribution >= 4 is 11.7 Å². The Morgan fingerprint density at radius 2 is 2.00 bits per heavy atom. The van der Waals surface area contributed by atoms with Crippen LogP contribution in [0.15, 0.2) is 42.6 Å². The van der Waals surface area contributed by atoms with Gasteiger partial charge >= 0.3 is 0 Å². The highest BCUT2D eigenvalue weighted by molar-refractivity contribution is 5.94. The molecule has 2 aliphatic heterocycles. The Hall–Kier alpha value is -2.64. The van der Waals surface area contributed by atoms with Gasteiger partial charge in [0, 0.05) is 37.9 Å². The second kappa shape index (κ2) is 11.5. The van der Waals surface area contributed by atoms with Crippen molar-refractivity contribution in [2.45, 2.75) is 38.7 Å². The number of pyridine rings is 1. The number of piperidine rings is 1. The minimum absolute atomic E-state index is 0.0729. The van der Waals surface area contributed by atoms with Crippen LogP contribution in [-0.4, -0.2) is 72.9 Å². The number of aliphatic hydroxyl groups is 1. The van der Waals surface area contributed by atoms with Crippen LogP contribution in [-0.2, 0) is 6.42 Å². The highest BCUT2D eigenvalue weighted by Gasteiger charge is 2.22. The van der Waals surface area contributed by atoms with Gasteiger partial charge in [-0.15, -0.1) is 0 Å². The van der Waals surface area contributed by atoms with Crippen LogP contribution in [0.3, 0.4) is 0 Å². The van der Waals surface area contributed by atoms with Gasteiger partial charge in [-0.1, -0.05) is 25.1 Å². The van der Waals surface area contributed by atoms with E-state index in [4.69, 9.17) is 4.74 Å². The van der Waals surface area contributed by atoms with Crippen LogP contribution >= 0.6 is 0 Å². The van der Waals surface area contributed by atoms with E-state index in [0.717, 1.165) is 70.0 Å². The van der Waals surface area contributed by atoms with Crippen molar-refractivity contribution in [2.24, 2.45) is 5.92 Å². The summed E-state index contributed by atoms with van der Waals surface area (Å²) in [7, 11) is 0. The molecule has 2 fully saturated rings. The molecule has 178 valence electrons. The molecule has 2 aliphatic rings. The van der Waals surface area contributed by atoms with E-state index in [-0.39, 0.29) is 12.0 Å². The van der Waals surface area contributed by atoms with Crippen LogP contribution < -0.4 is 15.0 Å². The molecule has 7 heteroatoms. The first-order valence-corrected chi connectivity index (χ1v) is 12.2. The molecule has 0 aliphatic carbocycles. The molecule has 3 heterocycles. The number of aromatic nitrogens is 1. The maximum Gasteiger partial charge on any atom is 0.251 e. The molecule has 1 amide bonds. The van der Waals surface area contributed by atoms with Gasteiger partial charge in [0.1, 0.15) is 11.6 Å². The van der Waals surface area contributed by atoms with Crippen molar-refractivity contribution in [1.29, 1.82) is 0 Å². The quantitative estimate of drug-likeness (QED) is 0.609. The number of carbonyl (C=O) groups is 1. The summed E-state index contributed by atoms with van der Waals surface area (Å²) in [6, 6.07) is 11.9. The number of hydrogen-bond donors (Lipinski definition) is 2. The lowest BCUT2D eigenvalue weighted by Crippen LogP contribution is -2.40. The van der Waals surface area contributed by atoms with Gasteiger partial charge in [-0.05, 0) is 68.5 Å². The fourth-order valence-corrected chi connectivity index (χ4v) is 4.63. The molecule has 1 aromatic carbocycles. The van der Waals surface area contributed by atoms with Crippen molar-refractivity contribution in [2.75, 3.05) is 50.8 Å². The van der Waals surface area contributed by atoms with Gasteiger partial charge in [-0.25, -0.2) is 4.98 Å². The fourth-order valence-electron chi connectivity index (χ4n) is 4.63. The third-order valence-corrected chi connectivity index (χ3v) is 6.74. The molecule has 7 nitrogen and oxygen atoms in total. The van der Waals surface area contributed by atoms with Crippen LogP contribution in [0.5, 0.6) is 5.75 Å². The Kier molecular flexibility index (Phi) is 8.18. The first-order chi connectivity index (χ1) is 16.1. The Morgan fingerprint density at radius 1 is 1.18 bits per heavy atom. The van der Waals surface area contributed by atoms with Gasteiger partial charge < -0.3 is 25.0 Å². The largest absolute Gasteiger partial charge is 0.493 e. The third-order valence-electron chi connectivity index (χ3n) is 6.74. The molecule has 0 radical (unpaired) electrons. The molecule has 1 aromatic heterocycles. The first kappa shape index (κ1) is 23.5. The third kappa shape index (κ3) is 6.45. The van der Waals surface area contributed by atoms with Gasteiger partial charge in [0.15, 0.2) is 0 Å². The molecule has 2 aromatic rings. The Bertz CT molecular complexity index is 914. The van der Waals surface area contributed by atoms with Crippen molar-refractivity contribution < 1.29 is 14.6 Å². The van der Waals surface area contributed by atoms with Gasteiger partial charge in [-0.3, -0.25) is 4.79 Å². The summed E-state index contributed by atoms with van der Waals surface area (Å²) in [4.78, 5) is 21.4. The lowest BCUT2D eigenvalue weighted by molar-refractivity contribution is 0.0940. The van der Waals surface area contributed by atoms with Crippen molar-refractivity contribution in [1.82, 2.24) is 15.2 Å². The number of ether oxygens (including phenoxy) is 1. The Balaban J connectivity index is 1.16. The van der Waals surface area contributed by atoms with Gasteiger partial charge in [0.25, 0.3) is 5.91 Å². The van der Waals surface area contributed by atoms with E-state index in [2.05, 4.69) is 40.3 Å². The number of β-amino-alcohol motifs (C(OH)–C–C–N with tert-alkyl or cyclic N) is 1. The molecule has 1 unspecified atom stereocenters. The summed E-state index contributed by atoms with van der Waals surface area (Å²) in [6.07, 6.45) is 5.33. The maximum absolute atomic E-state index is 12.6. The second-order valence-corrected chi connectivity index (χ2v) is 9.10. The number of likely N-dealkylation sites (tertiary alicyclic amines) is 1. The smallest absolute Gasteiger partial charge is 0.251 e. The number of nitrogens with one attached hydrogen (secondary N) is 1. The number of amides is 1. The summed E-state index contributed by atoms with van der Waals surface area (Å²) in [5.74, 6) is 2.28. The highest BCUT2D eigenvalue weighted by atomic mass is 16.5. The predicted octanol–water partition coefficient (Wildman–Crippen LogP) is 2.74. The standard InChI is InChI=1S/C26H36N4O3/c1-2-21-5-3-4-6-24(21)33-19-20-8-13-29(14-9-20)16-12-28-26(32)22-7-11-27-25(17-22)30-15-10-23(31)18-30/h3-7,11,17,20,23,31H,2,8-10,12-16,18-19H2,1H3,(H,28,32). The Labute approximate surface area is 196 Å². The number of aryl methyl sites for hydroxylation is 1. The van der Waals surface area contributed by atoms with Crippen LogP contribution in [0.25, 0.3) is 0 Å². The molecule has 0 saturated carbocycles.